The van der Waals surface area contributed by atoms with Crippen molar-refractivity contribution in [2.24, 2.45) is 0 Å². The third-order valence-corrected chi connectivity index (χ3v) is 5.55. The van der Waals surface area contributed by atoms with Crippen LogP contribution in [-0.4, -0.2) is 68.3 Å². The molecule has 0 aromatic carbocycles. The van der Waals surface area contributed by atoms with Gasteiger partial charge in [-0.3, -0.25) is 14.1 Å². The Labute approximate surface area is 180 Å². The summed E-state index contributed by atoms with van der Waals surface area (Å²) in [4.78, 5) is 22.2. The number of unbranched alkanes of at least 4 members (excludes halogenated alkanes) is 9. The molecule has 1 unspecified atom stereocenters. The second-order valence-corrected chi connectivity index (χ2v) is 8.77. The van der Waals surface area contributed by atoms with Gasteiger partial charge in [0.2, 0.25) is 0 Å². The summed E-state index contributed by atoms with van der Waals surface area (Å²) in [5, 5.41) is 6.46. The van der Waals surface area contributed by atoms with E-state index in [0.29, 0.717) is 19.8 Å². The molecule has 0 saturated carbocycles. The zero-order valence-corrected chi connectivity index (χ0v) is 18.9. The summed E-state index contributed by atoms with van der Waals surface area (Å²) < 4.78 is 46.3. The Morgan fingerprint density at radius 1 is 0.767 bits per heavy atom. The Bertz CT molecular complexity index is 548. The molecule has 0 amide bonds. The van der Waals surface area contributed by atoms with Gasteiger partial charge in [-0.05, 0) is 6.42 Å². The van der Waals surface area contributed by atoms with Gasteiger partial charge < -0.3 is 19.3 Å². The number of esters is 1. The van der Waals surface area contributed by atoms with Crippen LogP contribution in [0.15, 0.2) is 0 Å². The van der Waals surface area contributed by atoms with Crippen molar-refractivity contribution in [1.29, 1.82) is 0 Å². The Kier molecular flexibility index (Phi) is 17.8. The smallest absolute Gasteiger partial charge is 0.327 e. The van der Waals surface area contributed by atoms with Crippen molar-refractivity contribution in [3.8, 4) is 0 Å². The first-order valence-corrected chi connectivity index (χ1v) is 12.3. The van der Waals surface area contributed by atoms with Crippen LogP contribution in [0.3, 0.4) is 0 Å². The lowest BCUT2D eigenvalue weighted by Crippen LogP contribution is -2.34. The molecule has 0 bridgehead atoms. The van der Waals surface area contributed by atoms with E-state index in [1.807, 2.05) is 0 Å². The minimum Gasteiger partial charge on any atom is -0.481 e. The van der Waals surface area contributed by atoms with Crippen LogP contribution < -0.4 is 0 Å². The second-order valence-electron chi connectivity index (χ2n) is 7.18. The number of carboxylic acid groups (broad SMARTS) is 1. The molecular formula is C20H38O9S. The van der Waals surface area contributed by atoms with E-state index in [1.54, 1.807) is 0 Å². The minimum atomic E-state index is -4.85. The van der Waals surface area contributed by atoms with Crippen LogP contribution >= 0.6 is 0 Å². The molecular weight excluding hydrogens is 416 g/mol. The van der Waals surface area contributed by atoms with Crippen LogP contribution in [0, 0.1) is 0 Å². The lowest BCUT2D eigenvalue weighted by Gasteiger charge is -2.11. The van der Waals surface area contributed by atoms with Gasteiger partial charge in [0.05, 0.1) is 26.2 Å². The summed E-state index contributed by atoms with van der Waals surface area (Å²) >= 11 is 0. The summed E-state index contributed by atoms with van der Waals surface area (Å²) in [5.41, 5.74) is 0. The number of rotatable bonds is 21. The average molecular weight is 455 g/mol. The number of carbonyl (C=O) groups excluding carboxylic acids is 1. The summed E-state index contributed by atoms with van der Waals surface area (Å²) in [6.45, 7) is 3.36. The third-order valence-electron chi connectivity index (χ3n) is 4.47. The van der Waals surface area contributed by atoms with Gasteiger partial charge in [-0.1, -0.05) is 64.7 Å². The third kappa shape index (κ3) is 17.6. The van der Waals surface area contributed by atoms with E-state index in [2.05, 4.69) is 11.7 Å². The summed E-state index contributed by atoms with van der Waals surface area (Å²) in [6.07, 6.45) is 11.6. The first-order chi connectivity index (χ1) is 14.3. The van der Waals surface area contributed by atoms with Gasteiger partial charge in [-0.15, -0.1) is 0 Å². The fourth-order valence-electron chi connectivity index (χ4n) is 2.78. The zero-order chi connectivity index (χ0) is 22.7. The normalized spacial score (nSPS) is 12.6. The highest BCUT2D eigenvalue weighted by atomic mass is 32.2. The van der Waals surface area contributed by atoms with Crippen molar-refractivity contribution in [3.05, 3.63) is 0 Å². The Morgan fingerprint density at radius 3 is 1.73 bits per heavy atom. The monoisotopic (exact) mass is 454 g/mol. The minimum absolute atomic E-state index is 0.0125. The van der Waals surface area contributed by atoms with Crippen LogP contribution in [0.5, 0.6) is 0 Å². The van der Waals surface area contributed by atoms with E-state index in [4.69, 9.17) is 19.1 Å². The van der Waals surface area contributed by atoms with Gasteiger partial charge in [0.25, 0.3) is 10.1 Å². The van der Waals surface area contributed by atoms with E-state index in [0.717, 1.165) is 12.8 Å². The maximum Gasteiger partial charge on any atom is 0.327 e. The molecule has 0 aliphatic heterocycles. The van der Waals surface area contributed by atoms with Gasteiger partial charge in [-0.2, -0.15) is 8.42 Å². The van der Waals surface area contributed by atoms with Crippen molar-refractivity contribution >= 4 is 22.1 Å². The predicted molar refractivity (Wildman–Crippen MR) is 112 cm³/mol. The molecule has 0 aromatic heterocycles. The molecule has 2 N–H and O–H groups in total. The molecule has 0 radical (unpaired) electrons. The quantitative estimate of drug-likeness (QED) is 0.152. The first-order valence-electron chi connectivity index (χ1n) is 10.8. The maximum atomic E-state index is 11.6. The van der Waals surface area contributed by atoms with Gasteiger partial charge in [0.15, 0.2) is 5.25 Å². The molecule has 9 nitrogen and oxygen atoms in total. The largest absolute Gasteiger partial charge is 0.481 e. The van der Waals surface area contributed by atoms with Crippen molar-refractivity contribution in [2.75, 3.05) is 33.0 Å². The highest BCUT2D eigenvalue weighted by Gasteiger charge is 2.34. The second kappa shape index (κ2) is 18.5. The fourth-order valence-corrected chi connectivity index (χ4v) is 3.44. The lowest BCUT2D eigenvalue weighted by atomic mass is 10.1. The van der Waals surface area contributed by atoms with Crippen LogP contribution in [0.25, 0.3) is 0 Å². The van der Waals surface area contributed by atoms with Gasteiger partial charge in [-0.25, -0.2) is 0 Å². The average Bonchev–Trinajstić information content (AvgIpc) is 2.67. The highest BCUT2D eigenvalue weighted by molar-refractivity contribution is 7.87. The molecule has 1 atom stereocenters. The molecule has 178 valence electrons. The van der Waals surface area contributed by atoms with E-state index in [9.17, 15) is 18.0 Å². The van der Waals surface area contributed by atoms with Gasteiger partial charge in [0, 0.05) is 6.61 Å². The number of hydrogen-bond acceptors (Lipinski definition) is 7. The number of ether oxygens (including phenoxy) is 3. The Hall–Kier alpha value is -1.23. The zero-order valence-electron chi connectivity index (χ0n) is 18.1. The van der Waals surface area contributed by atoms with E-state index >= 15 is 0 Å². The highest BCUT2D eigenvalue weighted by Crippen LogP contribution is 2.10. The van der Waals surface area contributed by atoms with Crippen molar-refractivity contribution in [3.63, 3.8) is 0 Å². The molecule has 0 spiro atoms. The van der Waals surface area contributed by atoms with Gasteiger partial charge >= 0.3 is 11.9 Å². The molecule has 0 saturated heterocycles. The Morgan fingerprint density at radius 2 is 1.23 bits per heavy atom. The van der Waals surface area contributed by atoms with Crippen molar-refractivity contribution in [2.45, 2.75) is 82.8 Å². The van der Waals surface area contributed by atoms with E-state index in [1.165, 1.54) is 51.4 Å². The molecule has 0 aliphatic rings. The topological polar surface area (TPSA) is 136 Å². The molecule has 0 rings (SSSR count). The summed E-state index contributed by atoms with van der Waals surface area (Å²) in [7, 11) is -4.85. The standard InChI is InChI=1S/C20H38O9S/c1-2-3-4-5-6-7-8-9-10-11-12-27-13-14-28-15-16-29-20(23)18(17-19(21)22)30(24,25)26/h18H,2-17H2,1H3,(H,21,22)(H,24,25,26). The predicted octanol–water partition coefficient (Wildman–Crippen LogP) is 3.21. The van der Waals surface area contributed by atoms with Crippen molar-refractivity contribution < 1.29 is 41.9 Å². The number of carbonyl (C=O) groups is 2. The number of aliphatic carboxylic acids is 1. The lowest BCUT2D eigenvalue weighted by molar-refractivity contribution is -0.148. The SMILES string of the molecule is CCCCCCCCCCCCOCCOCCOC(=O)C(CC(=O)O)S(=O)(=O)O. The van der Waals surface area contributed by atoms with E-state index in [-0.39, 0.29) is 13.2 Å². The molecule has 0 heterocycles. The summed E-state index contributed by atoms with van der Waals surface area (Å²) in [5.74, 6) is -2.86. The molecule has 0 aliphatic carbocycles. The van der Waals surface area contributed by atoms with Crippen LogP contribution in [0.2, 0.25) is 0 Å². The number of hydrogen-bond donors (Lipinski definition) is 2. The van der Waals surface area contributed by atoms with Gasteiger partial charge in [0.1, 0.15) is 6.61 Å². The van der Waals surface area contributed by atoms with Crippen LogP contribution in [0.4, 0.5) is 0 Å². The van der Waals surface area contributed by atoms with Crippen LogP contribution in [0.1, 0.15) is 77.6 Å². The molecule has 10 heteroatoms. The molecule has 0 aromatic rings. The van der Waals surface area contributed by atoms with Crippen LogP contribution in [-0.2, 0) is 33.9 Å². The Balaban J connectivity index is 3.49. The molecule has 0 fully saturated rings. The van der Waals surface area contributed by atoms with E-state index < -0.39 is 33.7 Å². The summed E-state index contributed by atoms with van der Waals surface area (Å²) in [6, 6.07) is 0. The first kappa shape index (κ1) is 28.8. The molecule has 30 heavy (non-hydrogen) atoms. The fraction of sp³-hybridized carbons (Fsp3) is 0.900. The maximum absolute atomic E-state index is 11.6. The number of carboxylic acids is 1. The van der Waals surface area contributed by atoms with Crippen molar-refractivity contribution in [1.82, 2.24) is 0 Å².